The van der Waals surface area contributed by atoms with E-state index in [2.05, 4.69) is 12.2 Å². The van der Waals surface area contributed by atoms with Gasteiger partial charge in [0.25, 0.3) is 0 Å². The van der Waals surface area contributed by atoms with E-state index in [1.54, 1.807) is 0 Å². The van der Waals surface area contributed by atoms with Crippen molar-refractivity contribution in [1.82, 2.24) is 5.32 Å². The number of hydrogen-bond acceptors (Lipinski definition) is 2. The lowest BCUT2D eigenvalue weighted by molar-refractivity contribution is 0.0880. The third-order valence-corrected chi connectivity index (χ3v) is 1.75. The van der Waals surface area contributed by atoms with E-state index in [-0.39, 0.29) is 18.2 Å². The maximum atomic E-state index is 11.2. The second-order valence-electron chi connectivity index (χ2n) is 3.52. The Morgan fingerprint density at radius 3 is 2.38 bits per heavy atom. The van der Waals surface area contributed by atoms with Gasteiger partial charge in [0.1, 0.15) is 6.10 Å². The first-order valence-corrected chi connectivity index (χ1v) is 5.07. The van der Waals surface area contributed by atoms with Crippen LogP contribution in [0.1, 0.15) is 47.0 Å². The predicted molar refractivity (Wildman–Crippen MR) is 53.7 cm³/mol. The Labute approximate surface area is 80.8 Å². The minimum atomic E-state index is -0.296. The molecule has 0 saturated carbocycles. The van der Waals surface area contributed by atoms with E-state index in [0.717, 1.165) is 19.3 Å². The molecule has 0 bridgehead atoms. The number of carbonyl (C=O) groups is 1. The Balaban J connectivity index is 3.73. The summed E-state index contributed by atoms with van der Waals surface area (Å²) in [4.78, 5) is 11.2. The van der Waals surface area contributed by atoms with Gasteiger partial charge in [-0.3, -0.25) is 0 Å². The van der Waals surface area contributed by atoms with Crippen LogP contribution in [0.4, 0.5) is 4.79 Å². The molecule has 0 aromatic rings. The summed E-state index contributed by atoms with van der Waals surface area (Å²) >= 11 is 0. The Morgan fingerprint density at radius 2 is 2.00 bits per heavy atom. The van der Waals surface area contributed by atoms with Gasteiger partial charge in [0.2, 0.25) is 0 Å². The van der Waals surface area contributed by atoms with Crippen LogP contribution >= 0.6 is 0 Å². The normalized spacial score (nSPS) is 12.7. The van der Waals surface area contributed by atoms with E-state index in [4.69, 9.17) is 4.74 Å². The van der Waals surface area contributed by atoms with Crippen molar-refractivity contribution in [2.45, 2.75) is 59.1 Å². The molecule has 0 radical (unpaired) electrons. The molecule has 0 heterocycles. The van der Waals surface area contributed by atoms with E-state index < -0.39 is 0 Å². The van der Waals surface area contributed by atoms with Crippen molar-refractivity contribution in [2.24, 2.45) is 0 Å². The smallest absolute Gasteiger partial charge is 0.407 e. The van der Waals surface area contributed by atoms with Crippen molar-refractivity contribution in [3.05, 3.63) is 0 Å². The Kier molecular flexibility index (Phi) is 6.37. The predicted octanol–water partition coefficient (Wildman–Crippen LogP) is 2.70. The molecule has 3 heteroatoms. The molecule has 78 valence electrons. The third-order valence-electron chi connectivity index (χ3n) is 1.75. The van der Waals surface area contributed by atoms with Crippen molar-refractivity contribution in [3.8, 4) is 0 Å². The van der Waals surface area contributed by atoms with Crippen LogP contribution in [0.25, 0.3) is 0 Å². The summed E-state index contributed by atoms with van der Waals surface area (Å²) in [5.74, 6) is 0. The van der Waals surface area contributed by atoms with Gasteiger partial charge in [0.05, 0.1) is 0 Å². The van der Waals surface area contributed by atoms with Crippen LogP contribution in [0.3, 0.4) is 0 Å². The molecule has 3 nitrogen and oxygen atoms in total. The monoisotopic (exact) mass is 187 g/mol. The lowest BCUT2D eigenvalue weighted by Gasteiger charge is -2.16. The average molecular weight is 187 g/mol. The fourth-order valence-corrected chi connectivity index (χ4v) is 1.09. The molecule has 0 spiro atoms. The summed E-state index contributed by atoms with van der Waals surface area (Å²) in [5, 5.41) is 2.70. The summed E-state index contributed by atoms with van der Waals surface area (Å²) in [6, 6.07) is 0.145. The van der Waals surface area contributed by atoms with Gasteiger partial charge in [0.15, 0.2) is 0 Å². The second kappa shape index (κ2) is 6.75. The molecule has 1 amide bonds. The van der Waals surface area contributed by atoms with Crippen LogP contribution in [0, 0.1) is 0 Å². The van der Waals surface area contributed by atoms with Gasteiger partial charge in [-0.2, -0.15) is 0 Å². The molecule has 0 aliphatic carbocycles. The highest BCUT2D eigenvalue weighted by molar-refractivity contribution is 5.67. The van der Waals surface area contributed by atoms with Crippen molar-refractivity contribution in [2.75, 3.05) is 0 Å². The lowest BCUT2D eigenvalue weighted by Crippen LogP contribution is -2.33. The molecular weight excluding hydrogens is 166 g/mol. The Bertz CT molecular complexity index is 146. The number of amides is 1. The highest BCUT2D eigenvalue weighted by Crippen LogP contribution is 2.06. The minimum absolute atomic E-state index is 0.0729. The van der Waals surface area contributed by atoms with Crippen LogP contribution in [0.2, 0.25) is 0 Å². The molecule has 0 rings (SSSR count). The zero-order valence-electron chi connectivity index (χ0n) is 9.09. The van der Waals surface area contributed by atoms with Crippen LogP contribution < -0.4 is 5.32 Å². The molecule has 1 atom stereocenters. The maximum Gasteiger partial charge on any atom is 0.407 e. The molecule has 1 unspecified atom stereocenters. The first kappa shape index (κ1) is 12.3. The Hall–Kier alpha value is -0.730. The third kappa shape index (κ3) is 6.43. The minimum Gasteiger partial charge on any atom is -0.446 e. The van der Waals surface area contributed by atoms with Gasteiger partial charge in [0, 0.05) is 6.04 Å². The second-order valence-corrected chi connectivity index (χ2v) is 3.52. The van der Waals surface area contributed by atoms with Crippen LogP contribution in [-0.4, -0.2) is 18.2 Å². The number of nitrogens with one attached hydrogen (secondary N) is 1. The largest absolute Gasteiger partial charge is 0.446 e. The van der Waals surface area contributed by atoms with E-state index in [1.807, 2.05) is 20.8 Å². The molecule has 0 aliphatic heterocycles. The van der Waals surface area contributed by atoms with Gasteiger partial charge >= 0.3 is 6.09 Å². The fourth-order valence-electron chi connectivity index (χ4n) is 1.09. The summed E-state index contributed by atoms with van der Waals surface area (Å²) in [7, 11) is 0. The molecule has 0 fully saturated rings. The molecule has 0 aromatic carbocycles. The SMILES string of the molecule is CCCC(CC)OC(=O)NC(C)C. The van der Waals surface area contributed by atoms with E-state index in [0.29, 0.717) is 0 Å². The van der Waals surface area contributed by atoms with Gasteiger partial charge in [-0.15, -0.1) is 0 Å². The Morgan fingerprint density at radius 1 is 1.38 bits per heavy atom. The molecule has 0 aliphatic rings. The molecule has 13 heavy (non-hydrogen) atoms. The maximum absolute atomic E-state index is 11.2. The molecule has 1 N–H and O–H groups in total. The summed E-state index contributed by atoms with van der Waals surface area (Å²) < 4.78 is 5.20. The summed E-state index contributed by atoms with van der Waals surface area (Å²) in [6.07, 6.45) is 2.66. The van der Waals surface area contributed by atoms with E-state index >= 15 is 0 Å². The highest BCUT2D eigenvalue weighted by atomic mass is 16.6. The van der Waals surface area contributed by atoms with Gasteiger partial charge in [-0.05, 0) is 26.7 Å². The van der Waals surface area contributed by atoms with Crippen LogP contribution in [-0.2, 0) is 4.74 Å². The van der Waals surface area contributed by atoms with Gasteiger partial charge in [-0.25, -0.2) is 4.79 Å². The number of carbonyl (C=O) groups excluding carboxylic acids is 1. The van der Waals surface area contributed by atoms with Crippen molar-refractivity contribution >= 4 is 6.09 Å². The first-order valence-electron chi connectivity index (χ1n) is 5.07. The van der Waals surface area contributed by atoms with E-state index in [9.17, 15) is 4.79 Å². The van der Waals surface area contributed by atoms with Gasteiger partial charge in [-0.1, -0.05) is 20.3 Å². The average Bonchev–Trinajstić information content (AvgIpc) is 2.02. The highest BCUT2D eigenvalue weighted by Gasteiger charge is 2.11. The van der Waals surface area contributed by atoms with Gasteiger partial charge < -0.3 is 10.1 Å². The van der Waals surface area contributed by atoms with Crippen LogP contribution in [0.5, 0.6) is 0 Å². The first-order chi connectivity index (χ1) is 6.10. The summed E-state index contributed by atoms with van der Waals surface area (Å²) in [6.45, 7) is 7.96. The standard InChI is InChI=1S/C10H21NO2/c1-5-7-9(6-2)13-10(12)11-8(3)4/h8-9H,5-7H2,1-4H3,(H,11,12). The van der Waals surface area contributed by atoms with Crippen LogP contribution in [0.15, 0.2) is 0 Å². The number of ether oxygens (including phenoxy) is 1. The quantitative estimate of drug-likeness (QED) is 0.718. The van der Waals surface area contributed by atoms with E-state index in [1.165, 1.54) is 0 Å². The number of hydrogen-bond donors (Lipinski definition) is 1. The van der Waals surface area contributed by atoms with Crippen molar-refractivity contribution < 1.29 is 9.53 Å². The van der Waals surface area contributed by atoms with Crippen molar-refractivity contribution in [3.63, 3.8) is 0 Å². The molecule has 0 aromatic heterocycles. The lowest BCUT2D eigenvalue weighted by atomic mass is 10.2. The molecular formula is C10H21NO2. The number of rotatable bonds is 5. The summed E-state index contributed by atoms with van der Waals surface area (Å²) in [5.41, 5.74) is 0. The zero-order valence-corrected chi connectivity index (χ0v) is 9.09. The van der Waals surface area contributed by atoms with Crippen molar-refractivity contribution in [1.29, 1.82) is 0 Å². The fraction of sp³-hybridized carbons (Fsp3) is 0.900. The molecule has 0 saturated heterocycles. The topological polar surface area (TPSA) is 38.3 Å². The zero-order chi connectivity index (χ0) is 10.3. The number of alkyl carbamates (subject to hydrolysis) is 1.